The smallest absolute Gasteiger partial charge is 0.355 e. The van der Waals surface area contributed by atoms with E-state index in [4.69, 9.17) is 4.74 Å². The quantitative estimate of drug-likeness (QED) is 0.684. The first-order valence-electron chi connectivity index (χ1n) is 6.58. The number of rotatable bonds is 4. The summed E-state index contributed by atoms with van der Waals surface area (Å²) in [6.07, 6.45) is 0. The number of methoxy groups -OCH3 is 1. The van der Waals surface area contributed by atoms with Gasteiger partial charge in [0.15, 0.2) is 11.5 Å². The summed E-state index contributed by atoms with van der Waals surface area (Å²) in [5.41, 5.74) is 0.873. The summed E-state index contributed by atoms with van der Waals surface area (Å²) < 4.78 is 5.18. The van der Waals surface area contributed by atoms with Crippen LogP contribution in [0.5, 0.6) is 5.75 Å². The van der Waals surface area contributed by atoms with Gasteiger partial charge >= 0.3 is 5.97 Å². The van der Waals surface area contributed by atoms with E-state index in [9.17, 15) is 9.90 Å². The lowest BCUT2D eigenvalue weighted by Gasteiger charge is -2.08. The topological polar surface area (TPSA) is 100 Å². The van der Waals surface area contributed by atoms with E-state index < -0.39 is 5.97 Å². The number of benzene rings is 1. The average molecular weight is 298 g/mol. The zero-order valence-corrected chi connectivity index (χ0v) is 12.0. The first-order valence-corrected chi connectivity index (χ1v) is 6.58. The molecule has 3 rings (SSSR count). The van der Waals surface area contributed by atoms with Crippen LogP contribution in [0.2, 0.25) is 0 Å². The molecule has 3 N–H and O–H groups in total. The maximum Gasteiger partial charge on any atom is 0.355 e. The van der Waals surface area contributed by atoms with Crippen LogP contribution in [0.4, 0.5) is 11.6 Å². The molecule has 0 atom stereocenters. The molecule has 0 fully saturated rings. The van der Waals surface area contributed by atoms with E-state index in [1.165, 1.54) is 0 Å². The van der Waals surface area contributed by atoms with E-state index in [1.54, 1.807) is 37.4 Å². The second kappa shape index (κ2) is 5.36. The van der Waals surface area contributed by atoms with Gasteiger partial charge in [-0.1, -0.05) is 0 Å². The minimum Gasteiger partial charge on any atom is -0.497 e. The number of aryl methyl sites for hydroxylation is 1. The van der Waals surface area contributed by atoms with Crippen molar-refractivity contribution in [2.75, 3.05) is 12.4 Å². The van der Waals surface area contributed by atoms with Crippen LogP contribution in [0.25, 0.3) is 10.8 Å². The number of aromatic amines is 1. The number of anilines is 2. The Morgan fingerprint density at radius 3 is 2.73 bits per heavy atom. The molecule has 2 aromatic heterocycles. The predicted octanol–water partition coefficient (Wildman–Crippen LogP) is 2.72. The van der Waals surface area contributed by atoms with Gasteiger partial charge in [0.05, 0.1) is 7.11 Å². The Labute approximate surface area is 126 Å². The fourth-order valence-electron chi connectivity index (χ4n) is 2.20. The van der Waals surface area contributed by atoms with Crippen molar-refractivity contribution in [3.8, 4) is 5.75 Å². The summed E-state index contributed by atoms with van der Waals surface area (Å²) in [7, 11) is 1.56. The summed E-state index contributed by atoms with van der Waals surface area (Å²) in [6, 6.07) is 8.73. The van der Waals surface area contributed by atoms with Gasteiger partial charge < -0.3 is 15.2 Å². The van der Waals surface area contributed by atoms with Crippen LogP contribution in [0.3, 0.4) is 0 Å². The molecule has 0 saturated carbocycles. The van der Waals surface area contributed by atoms with Crippen molar-refractivity contribution in [2.45, 2.75) is 6.92 Å². The van der Waals surface area contributed by atoms with E-state index in [2.05, 4.69) is 20.5 Å². The Hall–Kier alpha value is -3.09. The van der Waals surface area contributed by atoms with Crippen molar-refractivity contribution >= 4 is 28.4 Å². The monoisotopic (exact) mass is 298 g/mol. The largest absolute Gasteiger partial charge is 0.497 e. The fraction of sp³-hybridized carbons (Fsp3) is 0.133. The van der Waals surface area contributed by atoms with Crippen molar-refractivity contribution < 1.29 is 14.6 Å². The van der Waals surface area contributed by atoms with Gasteiger partial charge in [0.2, 0.25) is 0 Å². The number of ether oxygens (including phenoxy) is 1. The Morgan fingerprint density at radius 2 is 2.09 bits per heavy atom. The molecule has 7 nitrogen and oxygen atoms in total. The number of nitrogens with zero attached hydrogens (tertiary/aromatic N) is 2. The summed E-state index contributed by atoms with van der Waals surface area (Å²) in [4.78, 5) is 15.6. The maximum absolute atomic E-state index is 11.4. The molecule has 0 bridgehead atoms. The lowest BCUT2D eigenvalue weighted by Crippen LogP contribution is -2.04. The van der Waals surface area contributed by atoms with E-state index >= 15 is 0 Å². The van der Waals surface area contributed by atoms with Crippen molar-refractivity contribution in [1.82, 2.24) is 15.2 Å². The minimum absolute atomic E-state index is 0.0186. The lowest BCUT2D eigenvalue weighted by atomic mass is 10.1. The number of nitrogens with one attached hydrogen (secondary N) is 2. The first-order chi connectivity index (χ1) is 10.6. The molecule has 0 unspecified atom stereocenters. The van der Waals surface area contributed by atoms with E-state index in [-0.39, 0.29) is 5.69 Å². The van der Waals surface area contributed by atoms with E-state index in [1.807, 2.05) is 6.92 Å². The zero-order valence-electron chi connectivity index (χ0n) is 12.0. The highest BCUT2D eigenvalue weighted by molar-refractivity contribution is 6.03. The van der Waals surface area contributed by atoms with Crippen LogP contribution >= 0.6 is 0 Å². The summed E-state index contributed by atoms with van der Waals surface area (Å²) >= 11 is 0. The number of aromatic nitrogens is 3. The average Bonchev–Trinajstić information content (AvgIpc) is 2.90. The summed E-state index contributed by atoms with van der Waals surface area (Å²) in [6.45, 7) is 1.87. The maximum atomic E-state index is 11.4. The molecular weight excluding hydrogens is 284 g/mol. The highest BCUT2D eigenvalue weighted by atomic mass is 16.5. The molecule has 1 aromatic carbocycles. The molecule has 22 heavy (non-hydrogen) atoms. The van der Waals surface area contributed by atoms with Crippen molar-refractivity contribution in [3.05, 3.63) is 41.7 Å². The van der Waals surface area contributed by atoms with Gasteiger partial charge in [0.1, 0.15) is 11.6 Å². The molecule has 0 spiro atoms. The van der Waals surface area contributed by atoms with Crippen molar-refractivity contribution in [3.63, 3.8) is 0 Å². The molecule has 112 valence electrons. The van der Waals surface area contributed by atoms with Gasteiger partial charge in [-0.2, -0.15) is 5.10 Å². The number of carboxylic acid groups (broad SMARTS) is 1. The third-order valence-corrected chi connectivity index (χ3v) is 3.20. The summed E-state index contributed by atoms with van der Waals surface area (Å²) in [5, 5.41) is 20.5. The Kier molecular flexibility index (Phi) is 3.38. The molecule has 2 heterocycles. The molecule has 0 radical (unpaired) electrons. The zero-order chi connectivity index (χ0) is 15.7. The van der Waals surface area contributed by atoms with Crippen LogP contribution in [0.15, 0.2) is 30.3 Å². The third-order valence-electron chi connectivity index (χ3n) is 3.20. The van der Waals surface area contributed by atoms with Crippen LogP contribution in [-0.2, 0) is 0 Å². The highest BCUT2D eigenvalue weighted by Gasteiger charge is 2.14. The molecule has 0 amide bonds. The Bertz CT molecular complexity index is 857. The molecule has 0 saturated heterocycles. The molecule has 0 aliphatic rings. The number of aromatic carboxylic acids is 1. The van der Waals surface area contributed by atoms with Crippen LogP contribution in [0.1, 0.15) is 16.2 Å². The van der Waals surface area contributed by atoms with Crippen molar-refractivity contribution in [1.29, 1.82) is 0 Å². The fourth-order valence-corrected chi connectivity index (χ4v) is 2.20. The standard InChI is InChI=1S/C15H14N4O3/c1-8-5-13(19-18-8)16-12-7-9-6-10(22-2)3-4-11(9)14(17-12)15(20)21/h3-7H,1-2H3,(H,20,21)(H2,16,17,18,19). The molecule has 3 aromatic rings. The summed E-state index contributed by atoms with van der Waals surface area (Å²) in [5.74, 6) is 0.543. The molecule has 0 aliphatic carbocycles. The van der Waals surface area contributed by atoms with Gasteiger partial charge in [-0.25, -0.2) is 9.78 Å². The number of carbonyl (C=O) groups is 1. The second-order valence-electron chi connectivity index (χ2n) is 4.81. The van der Waals surface area contributed by atoms with Gasteiger partial charge in [-0.15, -0.1) is 0 Å². The number of hydrogen-bond donors (Lipinski definition) is 3. The first kappa shape index (κ1) is 13.9. The highest BCUT2D eigenvalue weighted by Crippen LogP contribution is 2.26. The van der Waals surface area contributed by atoms with Gasteiger partial charge in [0.25, 0.3) is 0 Å². The molecule has 0 aliphatic heterocycles. The van der Waals surface area contributed by atoms with E-state index in [0.29, 0.717) is 22.8 Å². The number of carboxylic acids is 1. The van der Waals surface area contributed by atoms with E-state index in [0.717, 1.165) is 11.1 Å². The Balaban J connectivity index is 2.12. The lowest BCUT2D eigenvalue weighted by molar-refractivity contribution is 0.0693. The van der Waals surface area contributed by atoms with Gasteiger partial charge in [0, 0.05) is 17.1 Å². The number of fused-ring (bicyclic) bond motifs is 1. The number of H-pyrrole nitrogens is 1. The van der Waals surface area contributed by atoms with Gasteiger partial charge in [-0.3, -0.25) is 5.10 Å². The predicted molar refractivity (Wildman–Crippen MR) is 81.9 cm³/mol. The van der Waals surface area contributed by atoms with Crippen LogP contribution < -0.4 is 10.1 Å². The van der Waals surface area contributed by atoms with Crippen LogP contribution in [-0.4, -0.2) is 33.4 Å². The normalized spacial score (nSPS) is 10.6. The van der Waals surface area contributed by atoms with Crippen LogP contribution in [0, 0.1) is 6.92 Å². The van der Waals surface area contributed by atoms with Crippen molar-refractivity contribution in [2.24, 2.45) is 0 Å². The minimum atomic E-state index is -1.09. The molecule has 7 heteroatoms. The SMILES string of the molecule is COc1ccc2c(C(=O)O)nc(Nc3cc(C)[nH]n3)cc2c1. The third kappa shape index (κ3) is 2.56. The van der Waals surface area contributed by atoms with Gasteiger partial charge in [-0.05, 0) is 36.6 Å². The molecular formula is C15H14N4O3. The number of hydrogen-bond acceptors (Lipinski definition) is 5. The number of pyridine rings is 1. The Morgan fingerprint density at radius 1 is 1.27 bits per heavy atom. The second-order valence-corrected chi connectivity index (χ2v) is 4.81.